The molecule has 2 aromatic heterocycles. The Hall–Kier alpha value is -3.69. The van der Waals surface area contributed by atoms with E-state index in [1.807, 2.05) is 24.3 Å². The molecule has 0 saturated carbocycles. The summed E-state index contributed by atoms with van der Waals surface area (Å²) in [5, 5.41) is 4.31. The predicted molar refractivity (Wildman–Crippen MR) is 121 cm³/mol. The summed E-state index contributed by atoms with van der Waals surface area (Å²) in [6, 6.07) is 13.4. The fourth-order valence-corrected chi connectivity index (χ4v) is 3.89. The van der Waals surface area contributed by atoms with Gasteiger partial charge in [-0.05, 0) is 35.9 Å². The summed E-state index contributed by atoms with van der Waals surface area (Å²) in [7, 11) is 0. The molecule has 1 fully saturated rings. The van der Waals surface area contributed by atoms with Crippen LogP contribution in [0.4, 0.5) is 8.78 Å². The second kappa shape index (κ2) is 9.66. The lowest BCUT2D eigenvalue weighted by molar-refractivity contribution is 0.0314. The highest BCUT2D eigenvalue weighted by Gasteiger charge is 2.15. The normalized spacial score (nSPS) is 14.4. The molecule has 0 aliphatic carbocycles. The van der Waals surface area contributed by atoms with Gasteiger partial charge in [-0.25, -0.2) is 18.4 Å². The van der Waals surface area contributed by atoms with Crippen molar-refractivity contribution in [2.45, 2.75) is 13.1 Å². The van der Waals surface area contributed by atoms with Gasteiger partial charge in [0.25, 0.3) is 5.56 Å². The zero-order valence-electron chi connectivity index (χ0n) is 18.3. The van der Waals surface area contributed by atoms with Crippen molar-refractivity contribution in [3.05, 3.63) is 94.1 Å². The summed E-state index contributed by atoms with van der Waals surface area (Å²) < 4.78 is 39.8. The van der Waals surface area contributed by atoms with Crippen molar-refractivity contribution >= 4 is 0 Å². The maximum absolute atomic E-state index is 13.6. The highest BCUT2D eigenvalue weighted by atomic mass is 19.1. The van der Waals surface area contributed by atoms with Gasteiger partial charge in [0.15, 0.2) is 0 Å². The molecule has 0 atom stereocenters. The first-order valence-electron chi connectivity index (χ1n) is 10.9. The fraction of sp³-hybridized carbons (Fsp3) is 0.240. The molecule has 7 nitrogen and oxygen atoms in total. The van der Waals surface area contributed by atoms with Crippen LogP contribution in [0.3, 0.4) is 0 Å². The van der Waals surface area contributed by atoms with Crippen LogP contribution < -0.4 is 5.56 Å². The van der Waals surface area contributed by atoms with Gasteiger partial charge in [0.05, 0.1) is 38.2 Å². The number of benzene rings is 2. The number of oxazole rings is 1. The van der Waals surface area contributed by atoms with Crippen molar-refractivity contribution in [2.75, 3.05) is 26.3 Å². The average Bonchev–Trinajstić information content (AvgIpc) is 3.29. The summed E-state index contributed by atoms with van der Waals surface area (Å²) in [6.45, 7) is 3.99. The summed E-state index contributed by atoms with van der Waals surface area (Å²) >= 11 is 0. The molecule has 34 heavy (non-hydrogen) atoms. The maximum Gasteiger partial charge on any atom is 0.267 e. The van der Waals surface area contributed by atoms with Gasteiger partial charge in [-0.15, -0.1) is 0 Å². The molecule has 0 N–H and O–H groups in total. The van der Waals surface area contributed by atoms with Crippen LogP contribution in [0.5, 0.6) is 0 Å². The van der Waals surface area contributed by atoms with Crippen LogP contribution in [0.25, 0.3) is 22.7 Å². The van der Waals surface area contributed by atoms with E-state index < -0.39 is 11.6 Å². The van der Waals surface area contributed by atoms with Crippen molar-refractivity contribution < 1.29 is 17.9 Å². The Labute approximate surface area is 194 Å². The minimum atomic E-state index is -0.707. The van der Waals surface area contributed by atoms with E-state index in [-0.39, 0.29) is 17.7 Å². The molecule has 4 aromatic rings. The number of halogens is 2. The van der Waals surface area contributed by atoms with Gasteiger partial charge in [-0.1, -0.05) is 12.1 Å². The van der Waals surface area contributed by atoms with Crippen molar-refractivity contribution in [2.24, 2.45) is 0 Å². The Kier molecular flexibility index (Phi) is 6.29. The van der Waals surface area contributed by atoms with Gasteiger partial charge in [-0.3, -0.25) is 9.69 Å². The van der Waals surface area contributed by atoms with Gasteiger partial charge < -0.3 is 9.15 Å². The Morgan fingerprint density at radius 3 is 2.50 bits per heavy atom. The predicted octanol–water partition coefficient (Wildman–Crippen LogP) is 3.72. The number of hydrogen-bond donors (Lipinski definition) is 0. The number of morpholine rings is 1. The smallest absolute Gasteiger partial charge is 0.267 e. The molecule has 0 bridgehead atoms. The molecule has 1 aliphatic heterocycles. The molecular formula is C25H22F2N4O3. The van der Waals surface area contributed by atoms with Crippen molar-refractivity contribution in [1.29, 1.82) is 0 Å². The average molecular weight is 464 g/mol. The molecule has 5 rings (SSSR count). The van der Waals surface area contributed by atoms with Crippen molar-refractivity contribution in [3.63, 3.8) is 0 Å². The number of rotatable bonds is 6. The van der Waals surface area contributed by atoms with E-state index in [0.717, 1.165) is 36.0 Å². The summed E-state index contributed by atoms with van der Waals surface area (Å²) in [5.41, 5.74) is 1.82. The van der Waals surface area contributed by atoms with E-state index in [1.165, 1.54) is 28.9 Å². The van der Waals surface area contributed by atoms with E-state index >= 15 is 0 Å². The van der Waals surface area contributed by atoms with Crippen molar-refractivity contribution in [3.8, 4) is 22.7 Å². The highest BCUT2D eigenvalue weighted by molar-refractivity contribution is 5.58. The molecule has 2 aromatic carbocycles. The van der Waals surface area contributed by atoms with Gasteiger partial charge in [-0.2, -0.15) is 5.10 Å². The van der Waals surface area contributed by atoms with Gasteiger partial charge >= 0.3 is 0 Å². The zero-order chi connectivity index (χ0) is 23.5. The van der Waals surface area contributed by atoms with Crippen LogP contribution in [0.2, 0.25) is 0 Å². The quantitative estimate of drug-likeness (QED) is 0.433. The van der Waals surface area contributed by atoms with Crippen molar-refractivity contribution in [1.82, 2.24) is 19.7 Å². The lowest BCUT2D eigenvalue weighted by Crippen LogP contribution is -2.35. The molecule has 3 heterocycles. The summed E-state index contributed by atoms with van der Waals surface area (Å²) in [4.78, 5) is 19.1. The molecule has 0 unspecified atom stereocenters. The summed E-state index contributed by atoms with van der Waals surface area (Å²) in [5.74, 6) is -0.146. The first kappa shape index (κ1) is 22.1. The molecular weight excluding hydrogens is 442 g/mol. The highest BCUT2D eigenvalue weighted by Crippen LogP contribution is 2.22. The van der Waals surface area contributed by atoms with Crippen LogP contribution >= 0.6 is 0 Å². The second-order valence-corrected chi connectivity index (χ2v) is 8.09. The lowest BCUT2D eigenvalue weighted by atomic mass is 10.1. The first-order chi connectivity index (χ1) is 16.5. The number of ether oxygens (including phenoxy) is 1. The van der Waals surface area contributed by atoms with Crippen LogP contribution in [0.15, 0.2) is 70.0 Å². The third-order valence-electron chi connectivity index (χ3n) is 5.57. The van der Waals surface area contributed by atoms with E-state index in [0.29, 0.717) is 31.3 Å². The summed E-state index contributed by atoms with van der Waals surface area (Å²) in [6.07, 6.45) is 1.73. The molecule has 9 heteroatoms. The number of aromatic nitrogens is 3. The number of hydrogen-bond acceptors (Lipinski definition) is 6. The third kappa shape index (κ3) is 5.11. The molecule has 0 amide bonds. The standard InChI is InChI=1S/C25H22F2N4O3/c26-20-11-19(12-21(27)13-20)23-4-5-24(32)31(29-23)15-17-2-1-3-18(10-17)25-28-14-22(34-25)16-30-6-8-33-9-7-30/h1-5,10-14H,6-9,15-16H2. The number of nitrogens with zero attached hydrogens (tertiary/aromatic N) is 4. The van der Waals surface area contributed by atoms with Crippen LogP contribution in [-0.4, -0.2) is 46.0 Å². The van der Waals surface area contributed by atoms with Gasteiger partial charge in [0.2, 0.25) is 5.89 Å². The first-order valence-corrected chi connectivity index (χ1v) is 10.9. The third-order valence-corrected chi connectivity index (χ3v) is 5.57. The van der Waals surface area contributed by atoms with Gasteiger partial charge in [0.1, 0.15) is 17.4 Å². The topological polar surface area (TPSA) is 73.4 Å². The maximum atomic E-state index is 13.6. The van der Waals surface area contributed by atoms with E-state index in [1.54, 1.807) is 6.20 Å². The molecule has 1 saturated heterocycles. The van der Waals surface area contributed by atoms with E-state index in [4.69, 9.17) is 9.15 Å². The Balaban J connectivity index is 1.36. The fourth-order valence-electron chi connectivity index (χ4n) is 3.89. The van der Waals surface area contributed by atoms with Gasteiger partial charge in [0, 0.05) is 36.3 Å². The largest absolute Gasteiger partial charge is 0.440 e. The molecule has 1 aliphatic rings. The van der Waals surface area contributed by atoms with E-state index in [9.17, 15) is 13.6 Å². The van der Waals surface area contributed by atoms with Crippen LogP contribution in [0.1, 0.15) is 11.3 Å². The second-order valence-electron chi connectivity index (χ2n) is 8.09. The molecule has 0 radical (unpaired) electrons. The molecule has 174 valence electrons. The molecule has 0 spiro atoms. The van der Waals surface area contributed by atoms with E-state index in [2.05, 4.69) is 15.0 Å². The Bertz CT molecular complexity index is 1340. The van der Waals surface area contributed by atoms with Crippen LogP contribution in [0, 0.1) is 11.6 Å². The lowest BCUT2D eigenvalue weighted by Gasteiger charge is -2.25. The minimum Gasteiger partial charge on any atom is -0.440 e. The SMILES string of the molecule is O=c1ccc(-c2cc(F)cc(F)c2)nn1Cc1cccc(-c2ncc(CN3CCOCC3)o2)c1. The Morgan fingerprint density at radius 1 is 0.912 bits per heavy atom. The monoisotopic (exact) mass is 464 g/mol. The minimum absolute atomic E-state index is 0.180. The van der Waals surface area contributed by atoms with Crippen LogP contribution in [-0.2, 0) is 17.8 Å². The Morgan fingerprint density at radius 2 is 1.71 bits per heavy atom. The zero-order valence-corrected chi connectivity index (χ0v) is 18.3.